The zero-order valence-electron chi connectivity index (χ0n) is 12.3. The minimum Gasteiger partial charge on any atom is -0.359 e. The van der Waals surface area contributed by atoms with Gasteiger partial charge in [-0.15, -0.1) is 0 Å². The number of carbonyl (C=O) groups excluding carboxylic acids is 2. The molecule has 1 aromatic carbocycles. The number of imide groups is 1. The van der Waals surface area contributed by atoms with E-state index >= 15 is 0 Å². The van der Waals surface area contributed by atoms with Gasteiger partial charge < -0.3 is 4.74 Å². The number of fused-ring (bicyclic) bond motifs is 5. The van der Waals surface area contributed by atoms with Gasteiger partial charge in [-0.05, 0) is 38.5 Å². The molecular weight excluding hydrogens is 266 g/mol. The molecule has 0 radical (unpaired) electrons. The number of amides is 2. The summed E-state index contributed by atoms with van der Waals surface area (Å²) in [7, 11) is 0. The molecule has 2 saturated heterocycles. The van der Waals surface area contributed by atoms with E-state index in [9.17, 15) is 9.59 Å². The fraction of sp³-hybridized carbons (Fsp3) is 0.412. The van der Waals surface area contributed by atoms with Crippen LogP contribution in [0.3, 0.4) is 0 Å². The molecule has 0 aromatic heterocycles. The van der Waals surface area contributed by atoms with Gasteiger partial charge in [-0.2, -0.15) is 0 Å². The first-order chi connectivity index (χ1) is 9.86. The van der Waals surface area contributed by atoms with E-state index in [-0.39, 0.29) is 11.8 Å². The van der Waals surface area contributed by atoms with Gasteiger partial charge in [-0.3, -0.25) is 9.59 Å². The largest absolute Gasteiger partial charge is 0.359 e. The maximum atomic E-state index is 12.8. The fourth-order valence-electron chi connectivity index (χ4n) is 4.05. The van der Waals surface area contributed by atoms with Crippen LogP contribution >= 0.6 is 0 Å². The first-order valence-electron chi connectivity index (χ1n) is 7.21. The molecule has 3 aliphatic rings. The second kappa shape index (κ2) is 3.63. The van der Waals surface area contributed by atoms with Crippen LogP contribution in [-0.2, 0) is 14.3 Å². The number of anilines is 1. The third-order valence-electron chi connectivity index (χ3n) is 4.99. The average Bonchev–Trinajstić information content (AvgIpc) is 2.95. The van der Waals surface area contributed by atoms with Crippen LogP contribution in [0.5, 0.6) is 0 Å². The molecule has 4 heteroatoms. The third-order valence-corrected chi connectivity index (χ3v) is 4.99. The van der Waals surface area contributed by atoms with E-state index in [1.54, 1.807) is 0 Å². The molecule has 2 amide bonds. The molecule has 1 aromatic rings. The van der Waals surface area contributed by atoms with Gasteiger partial charge in [0.2, 0.25) is 11.8 Å². The second-order valence-electron chi connectivity index (χ2n) is 6.61. The van der Waals surface area contributed by atoms with Crippen molar-refractivity contribution >= 4 is 17.5 Å². The number of benzene rings is 1. The Kier molecular flexibility index (Phi) is 2.21. The summed E-state index contributed by atoms with van der Waals surface area (Å²) in [6, 6.07) is 7.50. The standard InChI is InChI=1S/C17H17NO3/c1-10-5-4-6-11(9-10)18-14(19)12-13(15(18)20)17(3)8-7-16(12,2)21-17/h4-9,12-13H,1-3H3/t12-,13+,16-,17-/m1/s1. The highest BCUT2D eigenvalue weighted by Gasteiger charge is 2.70. The van der Waals surface area contributed by atoms with Gasteiger partial charge in [0.15, 0.2) is 0 Å². The highest BCUT2D eigenvalue weighted by molar-refractivity contribution is 6.23. The average molecular weight is 283 g/mol. The van der Waals surface area contributed by atoms with Crippen molar-refractivity contribution < 1.29 is 14.3 Å². The minimum atomic E-state index is -0.662. The van der Waals surface area contributed by atoms with E-state index in [0.29, 0.717) is 5.69 Å². The quantitative estimate of drug-likeness (QED) is 0.586. The summed E-state index contributed by atoms with van der Waals surface area (Å²) in [5, 5.41) is 0. The van der Waals surface area contributed by atoms with Crippen molar-refractivity contribution in [1.29, 1.82) is 0 Å². The lowest BCUT2D eigenvalue weighted by molar-refractivity contribution is -0.128. The third kappa shape index (κ3) is 1.43. The summed E-state index contributed by atoms with van der Waals surface area (Å²) in [5.41, 5.74) is 0.362. The molecule has 2 fully saturated rings. The lowest BCUT2D eigenvalue weighted by Gasteiger charge is -2.25. The predicted octanol–water partition coefficient (Wildman–Crippen LogP) is 2.22. The molecule has 0 N–H and O–H groups in total. The Hall–Kier alpha value is -1.94. The van der Waals surface area contributed by atoms with Crippen LogP contribution in [0.2, 0.25) is 0 Å². The summed E-state index contributed by atoms with van der Waals surface area (Å²) in [6.07, 6.45) is 3.86. The zero-order valence-corrected chi connectivity index (χ0v) is 12.3. The number of carbonyl (C=O) groups is 2. The maximum absolute atomic E-state index is 12.8. The SMILES string of the molecule is Cc1cccc(N2C(=O)[C@@H]3[C@H](C2=O)[C@@]2(C)C=C[C@@]3(C)O2)c1. The molecule has 4 nitrogen and oxygen atoms in total. The molecule has 4 atom stereocenters. The van der Waals surface area contributed by atoms with Gasteiger partial charge in [-0.1, -0.05) is 24.3 Å². The van der Waals surface area contributed by atoms with Gasteiger partial charge in [0.1, 0.15) is 0 Å². The molecule has 0 aliphatic carbocycles. The van der Waals surface area contributed by atoms with E-state index in [1.165, 1.54) is 4.90 Å². The van der Waals surface area contributed by atoms with Crippen molar-refractivity contribution in [3.8, 4) is 0 Å². The number of hydrogen-bond acceptors (Lipinski definition) is 3. The zero-order chi connectivity index (χ0) is 15.0. The number of aryl methyl sites for hydroxylation is 1. The Morgan fingerprint density at radius 3 is 2.14 bits per heavy atom. The summed E-state index contributed by atoms with van der Waals surface area (Å²) in [4.78, 5) is 27.0. The normalized spacial score (nSPS) is 40.2. The van der Waals surface area contributed by atoms with E-state index in [0.717, 1.165) is 5.56 Å². The number of ether oxygens (including phenoxy) is 1. The van der Waals surface area contributed by atoms with Gasteiger partial charge in [0.05, 0.1) is 28.7 Å². The maximum Gasteiger partial charge on any atom is 0.241 e. The Labute approximate surface area is 123 Å². The Morgan fingerprint density at radius 2 is 1.62 bits per heavy atom. The molecule has 0 unspecified atom stereocenters. The fourth-order valence-corrected chi connectivity index (χ4v) is 4.05. The van der Waals surface area contributed by atoms with Gasteiger partial charge in [0, 0.05) is 0 Å². The number of hydrogen-bond donors (Lipinski definition) is 0. The van der Waals surface area contributed by atoms with E-state index in [1.807, 2.05) is 57.2 Å². The molecule has 108 valence electrons. The molecule has 3 aliphatic heterocycles. The van der Waals surface area contributed by atoms with Crippen molar-refractivity contribution in [1.82, 2.24) is 0 Å². The molecular formula is C17H17NO3. The van der Waals surface area contributed by atoms with Crippen molar-refractivity contribution in [2.75, 3.05) is 4.90 Å². The smallest absolute Gasteiger partial charge is 0.241 e. The van der Waals surface area contributed by atoms with E-state index in [4.69, 9.17) is 4.74 Å². The van der Waals surface area contributed by atoms with Crippen LogP contribution < -0.4 is 4.90 Å². The molecule has 3 heterocycles. The first-order valence-corrected chi connectivity index (χ1v) is 7.21. The van der Waals surface area contributed by atoms with Crippen molar-refractivity contribution in [2.24, 2.45) is 11.8 Å². The van der Waals surface area contributed by atoms with Crippen molar-refractivity contribution in [3.63, 3.8) is 0 Å². The Balaban J connectivity index is 1.82. The van der Waals surface area contributed by atoms with Crippen molar-refractivity contribution in [3.05, 3.63) is 42.0 Å². The monoisotopic (exact) mass is 283 g/mol. The summed E-state index contributed by atoms with van der Waals surface area (Å²) >= 11 is 0. The van der Waals surface area contributed by atoms with Crippen molar-refractivity contribution in [2.45, 2.75) is 32.0 Å². The Morgan fingerprint density at radius 1 is 1.05 bits per heavy atom. The minimum absolute atomic E-state index is 0.147. The number of nitrogens with zero attached hydrogens (tertiary/aromatic N) is 1. The van der Waals surface area contributed by atoms with Crippen LogP contribution in [0.4, 0.5) is 5.69 Å². The summed E-state index contributed by atoms with van der Waals surface area (Å²) in [6.45, 7) is 5.74. The number of rotatable bonds is 1. The van der Waals surface area contributed by atoms with Crippen LogP contribution in [-0.4, -0.2) is 23.0 Å². The van der Waals surface area contributed by atoms with Crippen LogP contribution in [0, 0.1) is 18.8 Å². The molecule has 21 heavy (non-hydrogen) atoms. The topological polar surface area (TPSA) is 46.6 Å². The molecule has 4 rings (SSSR count). The molecule has 2 bridgehead atoms. The van der Waals surface area contributed by atoms with Gasteiger partial charge in [0.25, 0.3) is 0 Å². The van der Waals surface area contributed by atoms with E-state index in [2.05, 4.69) is 0 Å². The van der Waals surface area contributed by atoms with Crippen LogP contribution in [0.15, 0.2) is 36.4 Å². The molecule has 0 saturated carbocycles. The lowest BCUT2D eigenvalue weighted by Crippen LogP contribution is -2.39. The predicted molar refractivity (Wildman–Crippen MR) is 77.7 cm³/mol. The van der Waals surface area contributed by atoms with Gasteiger partial charge in [-0.25, -0.2) is 4.90 Å². The van der Waals surface area contributed by atoms with E-state index < -0.39 is 23.0 Å². The second-order valence-corrected chi connectivity index (χ2v) is 6.61. The first kappa shape index (κ1) is 12.8. The summed E-state index contributed by atoms with van der Waals surface area (Å²) < 4.78 is 5.98. The summed E-state index contributed by atoms with van der Waals surface area (Å²) in [5.74, 6) is -1.13. The van der Waals surface area contributed by atoms with Crippen LogP contribution in [0.1, 0.15) is 19.4 Å². The highest BCUT2D eigenvalue weighted by atomic mass is 16.5. The van der Waals surface area contributed by atoms with Crippen LogP contribution in [0.25, 0.3) is 0 Å². The lowest BCUT2D eigenvalue weighted by atomic mass is 9.73. The molecule has 0 spiro atoms. The highest BCUT2D eigenvalue weighted by Crippen LogP contribution is 2.57. The van der Waals surface area contributed by atoms with Gasteiger partial charge >= 0.3 is 0 Å². The Bertz CT molecular complexity index is 674.